The number of nitrogen functional groups attached to an aromatic ring is 1. The van der Waals surface area contributed by atoms with Crippen molar-refractivity contribution in [2.45, 2.75) is 25.3 Å². The third-order valence-corrected chi connectivity index (χ3v) is 4.90. The molecule has 0 aliphatic heterocycles. The van der Waals surface area contributed by atoms with Crippen molar-refractivity contribution >= 4 is 35.5 Å². The maximum absolute atomic E-state index is 9.33. The van der Waals surface area contributed by atoms with E-state index in [1.165, 1.54) is 0 Å². The van der Waals surface area contributed by atoms with Gasteiger partial charge in [0.05, 0.1) is 12.7 Å². The van der Waals surface area contributed by atoms with Gasteiger partial charge < -0.3 is 20.9 Å². The number of benzene rings is 1. The summed E-state index contributed by atoms with van der Waals surface area (Å²) in [6.45, 7) is 0.217. The molecule has 0 amide bonds. The summed E-state index contributed by atoms with van der Waals surface area (Å²) in [6, 6.07) is 7.95. The molecule has 1 aromatic heterocycles. The zero-order valence-corrected chi connectivity index (χ0v) is 15.4. The number of nitrogens with two attached hydrogens (primary N) is 1. The highest BCUT2D eigenvalue weighted by molar-refractivity contribution is 6.31. The number of anilines is 2. The van der Waals surface area contributed by atoms with Gasteiger partial charge in [0, 0.05) is 12.6 Å². The van der Waals surface area contributed by atoms with Crippen LogP contribution in [0, 0.1) is 5.92 Å². The molecule has 26 heavy (non-hydrogen) atoms. The van der Waals surface area contributed by atoms with E-state index in [1.54, 1.807) is 7.11 Å². The molecule has 2 aromatic rings. The average molecular weight is 375 g/mol. The zero-order valence-electron chi connectivity index (χ0n) is 14.7. The Morgan fingerprint density at radius 1 is 1.27 bits per heavy atom. The molecule has 138 valence electrons. The summed E-state index contributed by atoms with van der Waals surface area (Å²) in [6.07, 6.45) is 6.70. The summed E-state index contributed by atoms with van der Waals surface area (Å²) in [5.74, 6) is 1.89. The molecule has 6 nitrogen and oxygen atoms in total. The molecule has 0 saturated heterocycles. The van der Waals surface area contributed by atoms with E-state index in [4.69, 9.17) is 22.1 Å². The van der Waals surface area contributed by atoms with Gasteiger partial charge in [-0.1, -0.05) is 29.8 Å². The molecule has 7 heteroatoms. The maximum atomic E-state index is 9.33. The molecule has 0 spiro atoms. The van der Waals surface area contributed by atoms with Crippen LogP contribution in [0.4, 0.5) is 11.8 Å². The standard InChI is InChI=1S/C19H23ClN4O2/c1-26-15-7-3-12(4-8-15)5-9-16-17(20)23-19(21)24-18(16)22-14-6-2-13(10-14)11-25/h3-5,7-9,13-14,25H,2,6,10-11H2,1H3,(H3,21,22,23,24)/b9-5+/t13-,14+/m1/s1. The summed E-state index contributed by atoms with van der Waals surface area (Å²) in [5.41, 5.74) is 7.47. The molecule has 2 atom stereocenters. The quantitative estimate of drug-likeness (QED) is 0.670. The molecule has 1 aromatic carbocycles. The molecular formula is C19H23ClN4O2. The van der Waals surface area contributed by atoms with Crippen molar-refractivity contribution in [1.82, 2.24) is 9.97 Å². The molecule has 4 N–H and O–H groups in total. The van der Waals surface area contributed by atoms with E-state index >= 15 is 0 Å². The van der Waals surface area contributed by atoms with Crippen LogP contribution in [-0.4, -0.2) is 34.8 Å². The van der Waals surface area contributed by atoms with Crippen molar-refractivity contribution in [2.75, 3.05) is 24.8 Å². The van der Waals surface area contributed by atoms with Crippen molar-refractivity contribution in [3.8, 4) is 5.75 Å². The van der Waals surface area contributed by atoms with Gasteiger partial charge in [-0.05, 0) is 49.0 Å². The second-order valence-electron chi connectivity index (χ2n) is 6.44. The Hall–Kier alpha value is -2.31. The molecule has 3 rings (SSSR count). The Bertz CT molecular complexity index is 780. The number of aliphatic hydroxyl groups is 1. The highest BCUT2D eigenvalue weighted by atomic mass is 35.5. The summed E-state index contributed by atoms with van der Waals surface area (Å²) in [7, 11) is 1.64. The van der Waals surface area contributed by atoms with Crippen LogP contribution in [0.1, 0.15) is 30.4 Å². The van der Waals surface area contributed by atoms with E-state index in [1.807, 2.05) is 36.4 Å². The summed E-state index contributed by atoms with van der Waals surface area (Å²) in [4.78, 5) is 8.39. The van der Waals surface area contributed by atoms with Crippen LogP contribution in [-0.2, 0) is 0 Å². The van der Waals surface area contributed by atoms with Crippen molar-refractivity contribution in [1.29, 1.82) is 0 Å². The minimum atomic E-state index is 0.135. The van der Waals surface area contributed by atoms with Gasteiger partial charge in [0.25, 0.3) is 0 Å². The number of methoxy groups -OCH3 is 1. The third-order valence-electron chi connectivity index (χ3n) is 4.61. The van der Waals surface area contributed by atoms with E-state index in [0.717, 1.165) is 30.6 Å². The lowest BCUT2D eigenvalue weighted by molar-refractivity contribution is 0.229. The first-order valence-electron chi connectivity index (χ1n) is 8.61. The van der Waals surface area contributed by atoms with Gasteiger partial charge in [0.15, 0.2) is 0 Å². The maximum Gasteiger partial charge on any atom is 0.223 e. The smallest absolute Gasteiger partial charge is 0.223 e. The lowest BCUT2D eigenvalue weighted by atomic mass is 10.1. The molecule has 0 bridgehead atoms. The number of aliphatic hydroxyl groups excluding tert-OH is 1. The van der Waals surface area contributed by atoms with Crippen LogP contribution >= 0.6 is 11.6 Å². The van der Waals surface area contributed by atoms with Gasteiger partial charge >= 0.3 is 0 Å². The van der Waals surface area contributed by atoms with Crippen molar-refractivity contribution in [3.63, 3.8) is 0 Å². The lowest BCUT2D eigenvalue weighted by Gasteiger charge is -2.16. The molecule has 1 saturated carbocycles. The fraction of sp³-hybridized carbons (Fsp3) is 0.368. The van der Waals surface area contributed by atoms with Crippen LogP contribution in [0.15, 0.2) is 24.3 Å². The van der Waals surface area contributed by atoms with Crippen LogP contribution in [0.5, 0.6) is 5.75 Å². The molecule has 1 aliphatic carbocycles. The topological polar surface area (TPSA) is 93.3 Å². The number of rotatable bonds is 6. The van der Waals surface area contributed by atoms with Crippen LogP contribution in [0.3, 0.4) is 0 Å². The number of nitrogens with one attached hydrogen (secondary N) is 1. The molecule has 0 unspecified atom stereocenters. The van der Waals surface area contributed by atoms with Gasteiger partial charge in [-0.2, -0.15) is 4.98 Å². The molecule has 0 radical (unpaired) electrons. The molecular weight excluding hydrogens is 352 g/mol. The SMILES string of the molecule is COc1ccc(/C=C/c2c(Cl)nc(N)nc2N[C@H]2CC[C@@H](CO)C2)cc1. The van der Waals surface area contributed by atoms with Crippen LogP contribution in [0.2, 0.25) is 5.15 Å². The van der Waals surface area contributed by atoms with Crippen molar-refractivity contribution in [2.24, 2.45) is 5.92 Å². The first-order valence-corrected chi connectivity index (χ1v) is 8.99. The second-order valence-corrected chi connectivity index (χ2v) is 6.80. The number of nitrogens with zero attached hydrogens (tertiary/aromatic N) is 2. The first kappa shape index (κ1) is 18.5. The van der Waals surface area contributed by atoms with E-state index in [2.05, 4.69) is 15.3 Å². The highest BCUT2D eigenvalue weighted by Crippen LogP contribution is 2.31. The van der Waals surface area contributed by atoms with Crippen LogP contribution < -0.4 is 15.8 Å². The number of hydrogen-bond donors (Lipinski definition) is 3. The molecule has 1 fully saturated rings. The monoisotopic (exact) mass is 374 g/mol. The fourth-order valence-electron chi connectivity index (χ4n) is 3.18. The molecule has 1 aliphatic rings. The predicted octanol–water partition coefficient (Wildman–Crippen LogP) is 3.46. The average Bonchev–Trinajstić information content (AvgIpc) is 3.09. The minimum Gasteiger partial charge on any atom is -0.497 e. The summed E-state index contributed by atoms with van der Waals surface area (Å²) >= 11 is 6.31. The number of aromatic nitrogens is 2. The van der Waals surface area contributed by atoms with E-state index in [-0.39, 0.29) is 18.6 Å². The zero-order chi connectivity index (χ0) is 18.5. The molecule has 1 heterocycles. The van der Waals surface area contributed by atoms with Gasteiger partial charge in [-0.25, -0.2) is 4.98 Å². The second kappa shape index (κ2) is 8.38. The van der Waals surface area contributed by atoms with Crippen molar-refractivity contribution < 1.29 is 9.84 Å². The normalized spacial score (nSPS) is 19.8. The minimum absolute atomic E-state index is 0.135. The Labute approximate surface area is 158 Å². The third kappa shape index (κ3) is 4.45. The Morgan fingerprint density at radius 2 is 2.04 bits per heavy atom. The van der Waals surface area contributed by atoms with Gasteiger partial charge in [0.2, 0.25) is 5.95 Å². The van der Waals surface area contributed by atoms with Gasteiger partial charge in [-0.3, -0.25) is 0 Å². The predicted molar refractivity (Wildman–Crippen MR) is 105 cm³/mol. The van der Waals surface area contributed by atoms with Gasteiger partial charge in [-0.15, -0.1) is 0 Å². The fourth-order valence-corrected chi connectivity index (χ4v) is 3.41. The lowest BCUT2D eigenvalue weighted by Crippen LogP contribution is -2.18. The Balaban J connectivity index is 1.82. The first-order chi connectivity index (χ1) is 12.6. The number of ether oxygens (including phenoxy) is 1. The van der Waals surface area contributed by atoms with Crippen LogP contribution in [0.25, 0.3) is 12.2 Å². The van der Waals surface area contributed by atoms with Gasteiger partial charge in [0.1, 0.15) is 16.7 Å². The highest BCUT2D eigenvalue weighted by Gasteiger charge is 2.25. The summed E-state index contributed by atoms with van der Waals surface area (Å²) in [5, 5.41) is 13.0. The number of halogens is 1. The number of hydrogen-bond acceptors (Lipinski definition) is 6. The van der Waals surface area contributed by atoms with E-state index < -0.39 is 0 Å². The van der Waals surface area contributed by atoms with E-state index in [0.29, 0.717) is 22.5 Å². The van der Waals surface area contributed by atoms with Crippen molar-refractivity contribution in [3.05, 3.63) is 40.5 Å². The largest absolute Gasteiger partial charge is 0.497 e. The summed E-state index contributed by atoms with van der Waals surface area (Å²) < 4.78 is 5.17. The Morgan fingerprint density at radius 3 is 2.69 bits per heavy atom. The Kier molecular flexibility index (Phi) is 5.96. The van der Waals surface area contributed by atoms with E-state index in [9.17, 15) is 5.11 Å².